The smallest absolute Gasteiger partial charge is 0.0434 e. The van der Waals surface area contributed by atoms with E-state index in [1.54, 1.807) is 0 Å². The number of hydrogen-bond donors (Lipinski definition) is 0. The molecule has 53 heavy (non-hydrogen) atoms. The molecule has 0 atom stereocenters. The van der Waals surface area contributed by atoms with Crippen molar-refractivity contribution in [3.05, 3.63) is 169 Å². The number of fused-ring (bicyclic) bond motifs is 13. The van der Waals surface area contributed by atoms with Crippen LogP contribution in [0.1, 0.15) is 25.0 Å². The van der Waals surface area contributed by atoms with E-state index in [1.165, 1.54) is 117 Å². The number of rotatable bonds is 2. The second-order valence-corrected chi connectivity index (χ2v) is 17.3. The van der Waals surface area contributed by atoms with Crippen LogP contribution < -0.4 is 0 Å². The van der Waals surface area contributed by atoms with Gasteiger partial charge >= 0.3 is 0 Å². The second-order valence-electron chi connectivity index (χ2n) is 15.2. The minimum atomic E-state index is -0.0142. The van der Waals surface area contributed by atoms with Gasteiger partial charge in [-0.15, -0.1) is 22.7 Å². The van der Waals surface area contributed by atoms with Crippen LogP contribution in [0.5, 0.6) is 0 Å². The summed E-state index contributed by atoms with van der Waals surface area (Å²) in [5, 5.41) is 13.2. The van der Waals surface area contributed by atoms with E-state index in [-0.39, 0.29) is 5.41 Å². The molecule has 11 aromatic rings. The van der Waals surface area contributed by atoms with Gasteiger partial charge in [-0.25, -0.2) is 0 Å². The van der Waals surface area contributed by atoms with Crippen molar-refractivity contribution in [3.8, 4) is 33.4 Å². The Morgan fingerprint density at radius 3 is 1.70 bits per heavy atom. The maximum Gasteiger partial charge on any atom is 0.0434 e. The van der Waals surface area contributed by atoms with Crippen LogP contribution >= 0.6 is 22.7 Å². The van der Waals surface area contributed by atoms with Crippen molar-refractivity contribution in [2.45, 2.75) is 19.3 Å². The van der Waals surface area contributed by atoms with Gasteiger partial charge < -0.3 is 0 Å². The zero-order chi connectivity index (χ0) is 35.0. The van der Waals surface area contributed by atoms with Crippen LogP contribution in [-0.4, -0.2) is 0 Å². The van der Waals surface area contributed by atoms with Gasteiger partial charge in [0, 0.05) is 51.1 Å². The summed E-state index contributed by atoms with van der Waals surface area (Å²) in [4.78, 5) is 0. The van der Waals surface area contributed by atoms with Crippen LogP contribution in [0.25, 0.3) is 106 Å². The highest BCUT2D eigenvalue weighted by atomic mass is 32.1. The Balaban J connectivity index is 1.09. The SMILES string of the molecule is CC1(C)c2ccccc2-c2cc(-c3c4ccccc4c(-c4ccc5sc6c7cc8c(cc7ccc6c5c4)sc4ccccc48)c4ccccc34)ccc21. The molecule has 0 amide bonds. The zero-order valence-corrected chi connectivity index (χ0v) is 31.0. The molecule has 1 aliphatic carbocycles. The lowest BCUT2D eigenvalue weighted by Gasteiger charge is -2.22. The first-order valence-electron chi connectivity index (χ1n) is 18.4. The Hall–Kier alpha value is -5.80. The van der Waals surface area contributed by atoms with E-state index in [0.29, 0.717) is 0 Å². The van der Waals surface area contributed by atoms with E-state index in [4.69, 9.17) is 0 Å². The summed E-state index contributed by atoms with van der Waals surface area (Å²) in [6, 6.07) is 59.8. The van der Waals surface area contributed by atoms with Crippen molar-refractivity contribution < 1.29 is 0 Å². The van der Waals surface area contributed by atoms with Crippen LogP contribution in [0.15, 0.2) is 158 Å². The van der Waals surface area contributed by atoms with Gasteiger partial charge in [-0.1, -0.05) is 135 Å². The molecule has 1 aliphatic rings. The van der Waals surface area contributed by atoms with E-state index >= 15 is 0 Å². The molecule has 2 heteroatoms. The quantitative estimate of drug-likeness (QED) is 0.157. The highest BCUT2D eigenvalue weighted by Crippen LogP contribution is 2.52. The fourth-order valence-corrected chi connectivity index (χ4v) is 11.9. The predicted molar refractivity (Wildman–Crippen MR) is 233 cm³/mol. The summed E-state index contributed by atoms with van der Waals surface area (Å²) in [7, 11) is 0. The molecule has 0 saturated heterocycles. The van der Waals surface area contributed by atoms with Crippen LogP contribution in [0.4, 0.5) is 0 Å². The zero-order valence-electron chi connectivity index (χ0n) is 29.3. The molecule has 0 saturated carbocycles. The highest BCUT2D eigenvalue weighted by molar-refractivity contribution is 7.27. The summed E-state index contributed by atoms with van der Waals surface area (Å²) >= 11 is 3.82. The second kappa shape index (κ2) is 10.6. The normalized spacial score (nSPS) is 13.6. The Morgan fingerprint density at radius 1 is 0.358 bits per heavy atom. The molecule has 0 nitrogen and oxygen atoms in total. The van der Waals surface area contributed by atoms with E-state index in [0.717, 1.165) is 0 Å². The fourth-order valence-electron chi connectivity index (χ4n) is 9.56. The van der Waals surface area contributed by atoms with Gasteiger partial charge in [-0.2, -0.15) is 0 Å². The first-order valence-corrected chi connectivity index (χ1v) is 20.1. The van der Waals surface area contributed by atoms with E-state index in [9.17, 15) is 0 Å². The minimum Gasteiger partial charge on any atom is -0.135 e. The van der Waals surface area contributed by atoms with Crippen molar-refractivity contribution >= 4 is 95.3 Å². The molecule has 0 radical (unpaired) electrons. The lowest BCUT2D eigenvalue weighted by atomic mass is 9.81. The van der Waals surface area contributed by atoms with Crippen molar-refractivity contribution in [1.29, 1.82) is 0 Å². The molecule has 2 heterocycles. The Bertz CT molecular complexity index is 3310. The average Bonchev–Trinajstić information content (AvgIpc) is 3.83. The Labute approximate surface area is 315 Å². The molecule has 248 valence electrons. The lowest BCUT2D eigenvalue weighted by Crippen LogP contribution is -2.14. The van der Waals surface area contributed by atoms with Gasteiger partial charge in [-0.3, -0.25) is 0 Å². The maximum atomic E-state index is 2.46. The van der Waals surface area contributed by atoms with Crippen molar-refractivity contribution in [3.63, 3.8) is 0 Å². The van der Waals surface area contributed by atoms with Crippen LogP contribution in [0.2, 0.25) is 0 Å². The molecule has 0 aliphatic heterocycles. The van der Waals surface area contributed by atoms with Crippen LogP contribution in [0, 0.1) is 0 Å². The van der Waals surface area contributed by atoms with Crippen LogP contribution in [0.3, 0.4) is 0 Å². The molecule has 0 fully saturated rings. The van der Waals surface area contributed by atoms with Crippen molar-refractivity contribution in [2.24, 2.45) is 0 Å². The largest absolute Gasteiger partial charge is 0.135 e. The predicted octanol–water partition coefficient (Wildman–Crippen LogP) is 15.5. The van der Waals surface area contributed by atoms with Gasteiger partial charge in [0.25, 0.3) is 0 Å². The standard InChI is InChI=1S/C51H32S2/c1-51(2)43-17-9-7-11-32(43)40-25-30(20-23-44(40)51)48-34-13-3-5-15-36(34)49(37-16-6-4-14-35(37)48)31-21-24-46-41(26-31)38-22-19-29-27-47-42(28-39(29)50(38)53-46)33-12-8-10-18-45(33)52-47/h3-28H,1-2H3. The molecular weight excluding hydrogens is 677 g/mol. The van der Waals surface area contributed by atoms with Gasteiger partial charge in [-0.05, 0) is 108 Å². The van der Waals surface area contributed by atoms with Gasteiger partial charge in [0.1, 0.15) is 0 Å². The molecule has 0 N–H and O–H groups in total. The summed E-state index contributed by atoms with van der Waals surface area (Å²) < 4.78 is 5.42. The third kappa shape index (κ3) is 4.05. The summed E-state index contributed by atoms with van der Waals surface area (Å²) in [6.07, 6.45) is 0. The van der Waals surface area contributed by atoms with E-state index in [1.807, 2.05) is 22.7 Å². The lowest BCUT2D eigenvalue weighted by molar-refractivity contribution is 0.660. The summed E-state index contributed by atoms with van der Waals surface area (Å²) in [6.45, 7) is 4.72. The first kappa shape index (κ1) is 29.7. The van der Waals surface area contributed by atoms with Gasteiger partial charge in [0.2, 0.25) is 0 Å². The van der Waals surface area contributed by atoms with E-state index in [2.05, 4.69) is 172 Å². The summed E-state index contributed by atoms with van der Waals surface area (Å²) in [5.74, 6) is 0. The number of thiophene rings is 2. The van der Waals surface area contributed by atoms with Crippen molar-refractivity contribution in [1.82, 2.24) is 0 Å². The minimum absolute atomic E-state index is 0.0142. The van der Waals surface area contributed by atoms with Crippen LogP contribution in [-0.2, 0) is 5.41 Å². The molecule has 0 spiro atoms. The topological polar surface area (TPSA) is 0 Å². The van der Waals surface area contributed by atoms with Gasteiger partial charge in [0.15, 0.2) is 0 Å². The highest BCUT2D eigenvalue weighted by Gasteiger charge is 2.35. The monoisotopic (exact) mass is 708 g/mol. The molecule has 12 rings (SSSR count). The fraction of sp³-hybridized carbons (Fsp3) is 0.0588. The average molecular weight is 709 g/mol. The molecule has 0 unspecified atom stereocenters. The third-order valence-corrected chi connectivity index (χ3v) is 14.4. The van der Waals surface area contributed by atoms with Gasteiger partial charge in [0.05, 0.1) is 0 Å². The molecular formula is C51H32S2. The molecule has 9 aromatic carbocycles. The Morgan fingerprint density at radius 2 is 0.943 bits per heavy atom. The first-order chi connectivity index (χ1) is 26.0. The number of hydrogen-bond acceptors (Lipinski definition) is 2. The molecule has 0 bridgehead atoms. The summed E-state index contributed by atoms with van der Waals surface area (Å²) in [5.41, 5.74) is 10.7. The maximum absolute atomic E-state index is 2.46. The Kier molecular flexibility index (Phi) is 5.97. The molecule has 2 aromatic heterocycles. The third-order valence-electron chi connectivity index (χ3n) is 12.0. The van der Waals surface area contributed by atoms with Crippen molar-refractivity contribution in [2.75, 3.05) is 0 Å². The number of benzene rings is 9. The van der Waals surface area contributed by atoms with E-state index < -0.39 is 0 Å².